The van der Waals surface area contributed by atoms with Crippen molar-refractivity contribution in [3.63, 3.8) is 0 Å². The van der Waals surface area contributed by atoms with E-state index >= 15 is 0 Å². The van der Waals surface area contributed by atoms with Crippen LogP contribution in [0.3, 0.4) is 0 Å². The van der Waals surface area contributed by atoms with E-state index < -0.39 is 18.0 Å². The van der Waals surface area contributed by atoms with Crippen LogP contribution in [0.4, 0.5) is 4.79 Å². The molecule has 1 aromatic carbocycles. The number of rotatable bonds is 4. The standard InChI is InChI=1S/C17H19N3O5/c1-2-25-17(24)18-8-10-3-4-11-9-20(16(23)12(11)7-10)13-5-6-14(21)19-15(13)22/h3-4,7,13H,2,5-6,8-9H2,1H3,(H,18,24)(H,19,21,22). The Morgan fingerprint density at radius 3 is 2.88 bits per heavy atom. The van der Waals surface area contributed by atoms with Gasteiger partial charge in [-0.25, -0.2) is 4.79 Å². The fourth-order valence-electron chi connectivity index (χ4n) is 3.07. The van der Waals surface area contributed by atoms with E-state index in [0.29, 0.717) is 18.5 Å². The first-order chi connectivity index (χ1) is 12.0. The first kappa shape index (κ1) is 16.9. The van der Waals surface area contributed by atoms with E-state index in [1.807, 2.05) is 12.1 Å². The number of nitrogens with zero attached hydrogens (tertiary/aromatic N) is 1. The number of piperidine rings is 1. The van der Waals surface area contributed by atoms with Crippen LogP contribution in [-0.2, 0) is 27.4 Å². The third kappa shape index (κ3) is 3.47. The SMILES string of the molecule is CCOC(=O)NCc1ccc2c(c1)C(=O)N(C1CCC(=O)NC1=O)C2. The average molecular weight is 345 g/mol. The zero-order chi connectivity index (χ0) is 18.0. The summed E-state index contributed by atoms with van der Waals surface area (Å²) in [4.78, 5) is 48.8. The van der Waals surface area contributed by atoms with Crippen molar-refractivity contribution in [2.75, 3.05) is 6.61 Å². The lowest BCUT2D eigenvalue weighted by Crippen LogP contribution is -2.52. The van der Waals surface area contributed by atoms with E-state index in [2.05, 4.69) is 10.6 Å². The molecule has 1 unspecified atom stereocenters. The molecule has 0 spiro atoms. The maximum absolute atomic E-state index is 12.7. The largest absolute Gasteiger partial charge is 0.450 e. The summed E-state index contributed by atoms with van der Waals surface area (Å²) in [6.07, 6.45) is 0.0481. The Balaban J connectivity index is 1.70. The maximum atomic E-state index is 12.7. The predicted octanol–water partition coefficient (Wildman–Crippen LogP) is 0.694. The van der Waals surface area contributed by atoms with Crippen LogP contribution in [0, 0.1) is 0 Å². The quantitative estimate of drug-likeness (QED) is 0.782. The third-order valence-corrected chi connectivity index (χ3v) is 4.30. The lowest BCUT2D eigenvalue weighted by Gasteiger charge is -2.29. The molecule has 8 heteroatoms. The van der Waals surface area contributed by atoms with Gasteiger partial charge in [0.25, 0.3) is 5.91 Å². The summed E-state index contributed by atoms with van der Waals surface area (Å²) in [6.45, 7) is 2.59. The van der Waals surface area contributed by atoms with Gasteiger partial charge in [0.1, 0.15) is 6.04 Å². The van der Waals surface area contributed by atoms with Crippen molar-refractivity contribution in [3.8, 4) is 0 Å². The number of hydrogen-bond acceptors (Lipinski definition) is 5. The highest BCUT2D eigenvalue weighted by Gasteiger charge is 2.39. The molecule has 0 saturated carbocycles. The smallest absolute Gasteiger partial charge is 0.407 e. The van der Waals surface area contributed by atoms with Gasteiger partial charge in [0, 0.05) is 25.1 Å². The molecule has 25 heavy (non-hydrogen) atoms. The molecular weight excluding hydrogens is 326 g/mol. The summed E-state index contributed by atoms with van der Waals surface area (Å²) in [7, 11) is 0. The number of ether oxygens (including phenoxy) is 1. The van der Waals surface area contributed by atoms with Crippen LogP contribution in [0.15, 0.2) is 18.2 Å². The number of fused-ring (bicyclic) bond motifs is 1. The van der Waals surface area contributed by atoms with Gasteiger partial charge in [-0.15, -0.1) is 0 Å². The molecule has 0 aromatic heterocycles. The van der Waals surface area contributed by atoms with Gasteiger partial charge in [0.05, 0.1) is 6.61 Å². The minimum atomic E-state index is -0.626. The van der Waals surface area contributed by atoms with Crippen molar-refractivity contribution < 1.29 is 23.9 Å². The Labute approximate surface area is 144 Å². The molecule has 0 radical (unpaired) electrons. The molecule has 8 nitrogen and oxygen atoms in total. The Morgan fingerprint density at radius 1 is 1.36 bits per heavy atom. The molecule has 0 bridgehead atoms. The van der Waals surface area contributed by atoms with Crippen LogP contribution < -0.4 is 10.6 Å². The van der Waals surface area contributed by atoms with Crippen molar-refractivity contribution in [3.05, 3.63) is 34.9 Å². The van der Waals surface area contributed by atoms with Crippen LogP contribution in [0.25, 0.3) is 0 Å². The molecular formula is C17H19N3O5. The number of carbonyl (C=O) groups is 4. The molecule has 4 amide bonds. The summed E-state index contributed by atoms with van der Waals surface area (Å²) in [5, 5.41) is 4.88. The lowest BCUT2D eigenvalue weighted by molar-refractivity contribution is -0.136. The number of benzene rings is 1. The van der Waals surface area contributed by atoms with Crippen LogP contribution in [0.2, 0.25) is 0 Å². The molecule has 132 valence electrons. The summed E-state index contributed by atoms with van der Waals surface area (Å²) in [5.74, 6) is -0.971. The van der Waals surface area contributed by atoms with Gasteiger partial charge in [0.2, 0.25) is 11.8 Å². The molecule has 2 N–H and O–H groups in total. The van der Waals surface area contributed by atoms with Crippen molar-refractivity contribution in [2.24, 2.45) is 0 Å². The predicted molar refractivity (Wildman–Crippen MR) is 86.3 cm³/mol. The topological polar surface area (TPSA) is 105 Å². The molecule has 1 atom stereocenters. The Kier molecular flexibility index (Phi) is 4.69. The number of alkyl carbamates (subject to hydrolysis) is 1. The van der Waals surface area contributed by atoms with E-state index in [1.54, 1.807) is 13.0 Å². The summed E-state index contributed by atoms with van der Waals surface area (Å²) >= 11 is 0. The Bertz CT molecular complexity index is 746. The zero-order valence-corrected chi connectivity index (χ0v) is 13.8. The first-order valence-electron chi connectivity index (χ1n) is 8.16. The van der Waals surface area contributed by atoms with Gasteiger partial charge in [-0.1, -0.05) is 12.1 Å². The molecule has 1 fully saturated rings. The minimum absolute atomic E-state index is 0.227. The van der Waals surface area contributed by atoms with E-state index in [1.165, 1.54) is 4.90 Å². The second-order valence-corrected chi connectivity index (χ2v) is 5.97. The molecule has 2 heterocycles. The van der Waals surface area contributed by atoms with Gasteiger partial charge in [-0.2, -0.15) is 0 Å². The molecule has 2 aliphatic rings. The molecule has 3 rings (SSSR count). The van der Waals surface area contributed by atoms with Crippen molar-refractivity contribution in [1.29, 1.82) is 0 Å². The summed E-state index contributed by atoms with van der Waals surface area (Å²) in [6, 6.07) is 4.74. The number of hydrogen-bond donors (Lipinski definition) is 2. The minimum Gasteiger partial charge on any atom is -0.450 e. The Morgan fingerprint density at radius 2 is 2.16 bits per heavy atom. The monoisotopic (exact) mass is 345 g/mol. The van der Waals surface area contributed by atoms with Gasteiger partial charge in [0.15, 0.2) is 0 Å². The second kappa shape index (κ2) is 6.92. The number of carbonyl (C=O) groups excluding carboxylic acids is 4. The number of amides is 4. The highest BCUT2D eigenvalue weighted by atomic mass is 16.5. The number of nitrogens with one attached hydrogen (secondary N) is 2. The highest BCUT2D eigenvalue weighted by Crippen LogP contribution is 2.28. The lowest BCUT2D eigenvalue weighted by atomic mass is 10.0. The fourth-order valence-corrected chi connectivity index (χ4v) is 3.07. The van der Waals surface area contributed by atoms with Gasteiger partial charge >= 0.3 is 6.09 Å². The van der Waals surface area contributed by atoms with Gasteiger partial charge < -0.3 is 15.0 Å². The summed E-state index contributed by atoms with van der Waals surface area (Å²) in [5.41, 5.74) is 2.12. The molecule has 2 aliphatic heterocycles. The molecule has 0 aliphatic carbocycles. The normalized spacial score (nSPS) is 19.5. The fraction of sp³-hybridized carbons (Fsp3) is 0.412. The first-order valence-corrected chi connectivity index (χ1v) is 8.16. The maximum Gasteiger partial charge on any atom is 0.407 e. The van der Waals surface area contributed by atoms with E-state index in [9.17, 15) is 19.2 Å². The van der Waals surface area contributed by atoms with E-state index in [-0.39, 0.29) is 31.4 Å². The second-order valence-electron chi connectivity index (χ2n) is 5.97. The summed E-state index contributed by atoms with van der Waals surface area (Å²) < 4.78 is 4.80. The molecule has 1 saturated heterocycles. The Hall–Kier alpha value is -2.90. The van der Waals surface area contributed by atoms with Crippen LogP contribution in [0.1, 0.15) is 41.3 Å². The van der Waals surface area contributed by atoms with Gasteiger partial charge in [-0.05, 0) is 30.5 Å². The molecule has 1 aromatic rings. The van der Waals surface area contributed by atoms with Crippen LogP contribution in [-0.4, -0.2) is 41.4 Å². The van der Waals surface area contributed by atoms with Crippen LogP contribution in [0.5, 0.6) is 0 Å². The van der Waals surface area contributed by atoms with Crippen molar-refractivity contribution in [2.45, 2.75) is 38.9 Å². The highest BCUT2D eigenvalue weighted by molar-refractivity contribution is 6.05. The number of imide groups is 1. The average Bonchev–Trinajstić information content (AvgIpc) is 2.90. The van der Waals surface area contributed by atoms with E-state index in [4.69, 9.17) is 4.74 Å². The van der Waals surface area contributed by atoms with Crippen molar-refractivity contribution >= 4 is 23.8 Å². The van der Waals surface area contributed by atoms with Gasteiger partial charge in [-0.3, -0.25) is 19.7 Å². The van der Waals surface area contributed by atoms with Crippen molar-refractivity contribution in [1.82, 2.24) is 15.5 Å². The van der Waals surface area contributed by atoms with Crippen LogP contribution >= 0.6 is 0 Å². The third-order valence-electron chi connectivity index (χ3n) is 4.30. The van der Waals surface area contributed by atoms with E-state index in [0.717, 1.165) is 11.1 Å². The zero-order valence-electron chi connectivity index (χ0n) is 13.8.